The molecule has 0 bridgehead atoms. The lowest BCUT2D eigenvalue weighted by Crippen LogP contribution is -2.33. The number of hydrogen-bond acceptors (Lipinski definition) is 6. The van der Waals surface area contributed by atoms with E-state index in [0.717, 1.165) is 48.0 Å². The predicted octanol–water partition coefficient (Wildman–Crippen LogP) is 3.59. The van der Waals surface area contributed by atoms with Crippen LogP contribution in [-0.4, -0.2) is 39.0 Å². The highest BCUT2D eigenvalue weighted by Crippen LogP contribution is 2.37. The molecule has 0 radical (unpaired) electrons. The second-order valence-electron chi connectivity index (χ2n) is 7.97. The molecule has 1 aliphatic carbocycles. The monoisotopic (exact) mass is 470 g/mol. The van der Waals surface area contributed by atoms with Gasteiger partial charge in [0, 0.05) is 30.6 Å². The number of sulfonamides is 1. The highest BCUT2D eigenvalue weighted by molar-refractivity contribution is 7.91. The number of nitrogens with zero attached hydrogens (tertiary/aromatic N) is 1. The molecule has 10 heteroatoms. The van der Waals surface area contributed by atoms with E-state index in [1.807, 2.05) is 4.90 Å². The molecule has 0 saturated heterocycles. The van der Waals surface area contributed by atoms with Crippen molar-refractivity contribution in [1.82, 2.24) is 9.62 Å². The van der Waals surface area contributed by atoms with Crippen molar-refractivity contribution in [3.8, 4) is 0 Å². The summed E-state index contributed by atoms with van der Waals surface area (Å²) in [5, 5.41) is 0. The largest absolute Gasteiger partial charge is 0.465 e. The number of nitrogens with one attached hydrogen (secondary N) is 1. The van der Waals surface area contributed by atoms with E-state index in [2.05, 4.69) is 4.72 Å². The maximum Gasteiger partial charge on any atom is 0.340 e. The van der Waals surface area contributed by atoms with E-state index in [-0.39, 0.29) is 15.8 Å². The van der Waals surface area contributed by atoms with Crippen LogP contribution in [0.4, 0.5) is 8.78 Å². The molecule has 168 valence electrons. The van der Waals surface area contributed by atoms with Crippen LogP contribution in [-0.2, 0) is 34.3 Å². The Bertz CT molecular complexity index is 1100. The Balaban J connectivity index is 1.61. The Kier molecular flexibility index (Phi) is 6.43. The summed E-state index contributed by atoms with van der Waals surface area (Å²) in [6.45, 7) is 1.37. The second kappa shape index (κ2) is 8.93. The third-order valence-corrected chi connectivity index (χ3v) is 9.06. The number of thiophene rings is 1. The zero-order valence-corrected chi connectivity index (χ0v) is 18.8. The molecule has 0 amide bonds. The topological polar surface area (TPSA) is 75.7 Å². The van der Waals surface area contributed by atoms with Crippen LogP contribution in [0.5, 0.6) is 0 Å². The lowest BCUT2D eigenvalue weighted by atomic mass is 10.0. The summed E-state index contributed by atoms with van der Waals surface area (Å²) in [5.74, 6) is -2.45. The number of hydrogen-bond donors (Lipinski definition) is 1. The van der Waals surface area contributed by atoms with Crippen LogP contribution >= 0.6 is 11.3 Å². The highest BCUT2D eigenvalue weighted by atomic mass is 32.2. The van der Waals surface area contributed by atoms with Gasteiger partial charge < -0.3 is 4.74 Å². The van der Waals surface area contributed by atoms with Crippen LogP contribution in [0.3, 0.4) is 0 Å². The van der Waals surface area contributed by atoms with E-state index in [0.29, 0.717) is 37.2 Å². The molecule has 4 rings (SSSR count). The van der Waals surface area contributed by atoms with E-state index in [1.165, 1.54) is 19.2 Å². The summed E-state index contributed by atoms with van der Waals surface area (Å²) in [5.41, 5.74) is 1.45. The molecule has 0 spiro atoms. The van der Waals surface area contributed by atoms with Crippen LogP contribution in [0.25, 0.3) is 0 Å². The Morgan fingerprint density at radius 3 is 2.68 bits per heavy atom. The van der Waals surface area contributed by atoms with Crippen molar-refractivity contribution in [2.75, 3.05) is 13.7 Å². The molecule has 1 fully saturated rings. The zero-order valence-electron chi connectivity index (χ0n) is 17.1. The Morgan fingerprint density at radius 1 is 1.26 bits per heavy atom. The molecule has 0 unspecified atom stereocenters. The Morgan fingerprint density at radius 2 is 2.00 bits per heavy atom. The number of rotatable bonds is 6. The molecule has 1 aromatic heterocycles. The van der Waals surface area contributed by atoms with Gasteiger partial charge in [0.2, 0.25) is 0 Å². The average molecular weight is 471 g/mol. The molecule has 1 saturated carbocycles. The first-order chi connectivity index (χ1) is 14.8. The van der Waals surface area contributed by atoms with Gasteiger partial charge in [-0.2, -0.15) is 0 Å². The van der Waals surface area contributed by atoms with E-state index in [1.54, 1.807) is 0 Å². The van der Waals surface area contributed by atoms with Crippen molar-refractivity contribution < 1.29 is 26.7 Å². The normalized spacial score (nSPS) is 17.6. The second-order valence-corrected chi connectivity index (χ2v) is 11.0. The number of carbonyl (C=O) groups is 1. The van der Waals surface area contributed by atoms with Crippen LogP contribution in [0.15, 0.2) is 22.4 Å². The number of carbonyl (C=O) groups excluding carboxylic acids is 1. The first-order valence-corrected chi connectivity index (χ1v) is 12.5. The van der Waals surface area contributed by atoms with Gasteiger partial charge in [0.1, 0.15) is 4.21 Å². The lowest BCUT2D eigenvalue weighted by molar-refractivity contribution is 0.0595. The number of esters is 1. The molecule has 6 nitrogen and oxygen atoms in total. The van der Waals surface area contributed by atoms with E-state index in [9.17, 15) is 22.0 Å². The van der Waals surface area contributed by atoms with Gasteiger partial charge in [-0.05, 0) is 42.5 Å². The van der Waals surface area contributed by atoms with Crippen molar-refractivity contribution in [1.29, 1.82) is 0 Å². The third-order valence-electron chi connectivity index (χ3n) is 5.80. The van der Waals surface area contributed by atoms with Crippen molar-refractivity contribution in [3.05, 3.63) is 51.4 Å². The highest BCUT2D eigenvalue weighted by Gasteiger charge is 2.35. The van der Waals surface area contributed by atoms with Gasteiger partial charge in [-0.3, -0.25) is 4.90 Å². The molecule has 31 heavy (non-hydrogen) atoms. The van der Waals surface area contributed by atoms with Crippen LogP contribution in [0.1, 0.15) is 52.0 Å². The molecule has 1 aliphatic heterocycles. The molecule has 2 aliphatic rings. The molecular weight excluding hydrogens is 446 g/mol. The molecule has 1 aromatic carbocycles. The molecule has 0 atom stereocenters. The molecular formula is C21H24F2N2O4S2. The molecule has 2 aromatic rings. The fourth-order valence-electron chi connectivity index (χ4n) is 4.28. The van der Waals surface area contributed by atoms with Crippen molar-refractivity contribution >= 4 is 27.3 Å². The van der Waals surface area contributed by atoms with E-state index in [4.69, 9.17) is 4.74 Å². The first kappa shape index (κ1) is 22.3. The van der Waals surface area contributed by atoms with Crippen LogP contribution in [0.2, 0.25) is 0 Å². The Labute approximate surface area is 184 Å². The average Bonchev–Trinajstić information content (AvgIpc) is 3.37. The maximum absolute atomic E-state index is 13.5. The lowest BCUT2D eigenvalue weighted by Gasteiger charge is -2.27. The quantitative estimate of drug-likeness (QED) is 0.653. The number of ether oxygens (including phenoxy) is 1. The van der Waals surface area contributed by atoms with E-state index < -0.39 is 27.6 Å². The predicted molar refractivity (Wildman–Crippen MR) is 112 cm³/mol. The maximum atomic E-state index is 13.5. The van der Waals surface area contributed by atoms with Crippen LogP contribution < -0.4 is 4.72 Å². The van der Waals surface area contributed by atoms with Gasteiger partial charge in [0.15, 0.2) is 11.6 Å². The fourth-order valence-corrected chi connectivity index (χ4v) is 7.53. The number of fused-ring (bicyclic) bond motifs is 1. The number of halogens is 2. The minimum Gasteiger partial charge on any atom is -0.465 e. The third kappa shape index (κ3) is 4.67. The van der Waals surface area contributed by atoms with Crippen molar-refractivity contribution in [2.45, 2.75) is 55.4 Å². The number of benzene rings is 1. The van der Waals surface area contributed by atoms with Gasteiger partial charge >= 0.3 is 5.97 Å². The molecule has 1 N–H and O–H groups in total. The summed E-state index contributed by atoms with van der Waals surface area (Å²) >= 11 is 1.09. The summed E-state index contributed by atoms with van der Waals surface area (Å²) < 4.78 is 60.6. The first-order valence-electron chi connectivity index (χ1n) is 10.2. The summed E-state index contributed by atoms with van der Waals surface area (Å²) in [7, 11) is -2.61. The Hall–Kier alpha value is -1.88. The van der Waals surface area contributed by atoms with Crippen LogP contribution in [0, 0.1) is 11.6 Å². The van der Waals surface area contributed by atoms with Gasteiger partial charge in [0.05, 0.1) is 12.7 Å². The van der Waals surface area contributed by atoms with Gasteiger partial charge in [-0.15, -0.1) is 11.3 Å². The molecule has 2 heterocycles. The number of methoxy groups -OCH3 is 1. The summed E-state index contributed by atoms with van der Waals surface area (Å²) in [6.07, 6.45) is 4.02. The summed E-state index contributed by atoms with van der Waals surface area (Å²) in [4.78, 5) is 15.3. The minimum absolute atomic E-state index is 0.00549. The fraction of sp³-hybridized carbons (Fsp3) is 0.476. The van der Waals surface area contributed by atoms with E-state index >= 15 is 0 Å². The van der Waals surface area contributed by atoms with Gasteiger partial charge in [0.25, 0.3) is 10.0 Å². The minimum atomic E-state index is -3.85. The zero-order chi connectivity index (χ0) is 22.2. The van der Waals surface area contributed by atoms with Crippen molar-refractivity contribution in [3.63, 3.8) is 0 Å². The van der Waals surface area contributed by atoms with Gasteiger partial charge in [-0.1, -0.05) is 18.9 Å². The summed E-state index contributed by atoms with van der Waals surface area (Å²) in [6, 6.07) is 3.68. The SMILES string of the molecule is COC(=O)c1c(S(=O)(=O)NC2CCCC2)sc2c1CCN(Cc1ccc(F)c(F)c1)C2. The standard InChI is InChI=1S/C21H24F2N2O4S2/c1-29-20(26)19-15-8-9-25(11-13-6-7-16(22)17(23)10-13)12-18(15)30-21(19)31(27,28)24-14-4-2-3-5-14/h6-7,10,14,24H,2-5,8-9,11-12H2,1H3. The van der Waals surface area contributed by atoms with Crippen molar-refractivity contribution in [2.24, 2.45) is 0 Å². The smallest absolute Gasteiger partial charge is 0.340 e. The van der Waals surface area contributed by atoms with Gasteiger partial charge in [-0.25, -0.2) is 26.7 Å².